The van der Waals surface area contributed by atoms with Crippen LogP contribution in [0.5, 0.6) is 0 Å². The van der Waals surface area contributed by atoms with Crippen LogP contribution < -0.4 is 17.0 Å². The van der Waals surface area contributed by atoms with Gasteiger partial charge in [-0.1, -0.05) is 0 Å². The Morgan fingerprint density at radius 1 is 1.30 bits per heavy atom. The lowest BCUT2D eigenvalue weighted by Crippen LogP contribution is -2.29. The van der Waals surface area contributed by atoms with Crippen molar-refractivity contribution in [2.45, 2.75) is 32.2 Å². The SMILES string of the molecule is CCONC(C#N)Cc1cc2sc(-c3ccc4oc(=O)n(C)c4c3)cc2s1.NCCCCO.[HH]. The molecule has 0 aliphatic heterocycles. The molecule has 1 unspecified atom stereocenters. The summed E-state index contributed by atoms with van der Waals surface area (Å²) in [6.07, 6.45) is 2.40. The first kappa shape index (κ1) is 25.1. The average molecular weight is 491 g/mol. The van der Waals surface area contributed by atoms with Gasteiger partial charge in [0.2, 0.25) is 0 Å². The maximum absolute atomic E-state index is 11.7. The summed E-state index contributed by atoms with van der Waals surface area (Å²) >= 11 is 3.39. The second kappa shape index (κ2) is 12.1. The summed E-state index contributed by atoms with van der Waals surface area (Å²) in [5.41, 5.74) is 10.3. The molecule has 0 saturated heterocycles. The fraction of sp³-hybridized carbons (Fsp3) is 0.391. The number of nitriles is 1. The number of aliphatic hydroxyl groups is 1. The summed E-state index contributed by atoms with van der Waals surface area (Å²) in [5, 5.41) is 17.4. The van der Waals surface area contributed by atoms with Crippen LogP contribution in [0.25, 0.3) is 30.9 Å². The van der Waals surface area contributed by atoms with Gasteiger partial charge in [-0.2, -0.15) is 10.7 Å². The van der Waals surface area contributed by atoms with Crippen molar-refractivity contribution < 1.29 is 15.8 Å². The number of thiophene rings is 2. The smallest absolute Gasteiger partial charge is 0.408 e. The Kier molecular flexibility index (Phi) is 9.20. The molecule has 0 spiro atoms. The largest absolute Gasteiger partial charge is 0.419 e. The standard InChI is InChI=1S/C19H17N3O3S2.C4H11NO.H2/c1-3-24-21-12(10-20)7-13-8-17-18(26-13)9-16(27-17)11-4-5-15-14(6-11)22(2)19(23)25-15;5-3-1-2-4-6;/h4-6,8-9,12,21H,3,7H2,1-2H3;6H,1-5H2;1H. The third kappa shape index (κ3) is 6.29. The summed E-state index contributed by atoms with van der Waals surface area (Å²) in [7, 11) is 1.71. The van der Waals surface area contributed by atoms with Gasteiger partial charge in [0.05, 0.1) is 18.2 Å². The molecule has 4 aromatic rings. The van der Waals surface area contributed by atoms with Crippen LogP contribution in [0.2, 0.25) is 0 Å². The number of rotatable bonds is 9. The highest BCUT2D eigenvalue weighted by molar-refractivity contribution is 7.29. The zero-order chi connectivity index (χ0) is 23.8. The van der Waals surface area contributed by atoms with Crippen LogP contribution in [0.3, 0.4) is 0 Å². The van der Waals surface area contributed by atoms with Crippen molar-refractivity contribution in [2.75, 3.05) is 19.8 Å². The van der Waals surface area contributed by atoms with Crippen LogP contribution in [0.15, 0.2) is 39.5 Å². The Bertz CT molecular complexity index is 1250. The van der Waals surface area contributed by atoms with E-state index in [2.05, 4.69) is 23.7 Å². The normalized spacial score (nSPS) is 12.0. The third-order valence-electron chi connectivity index (χ3n) is 4.88. The Morgan fingerprint density at radius 3 is 2.73 bits per heavy atom. The molecule has 4 N–H and O–H groups in total. The van der Waals surface area contributed by atoms with Crippen LogP contribution in [0.1, 0.15) is 26.1 Å². The van der Waals surface area contributed by atoms with Gasteiger partial charge in [0.25, 0.3) is 0 Å². The lowest BCUT2D eigenvalue weighted by atomic mass is 10.1. The fourth-order valence-corrected chi connectivity index (χ4v) is 5.63. The highest BCUT2D eigenvalue weighted by atomic mass is 32.1. The Balaban J connectivity index is 0.000000521. The molecule has 0 fully saturated rings. The quantitative estimate of drug-likeness (QED) is 0.239. The van der Waals surface area contributed by atoms with Crippen molar-refractivity contribution in [2.24, 2.45) is 12.8 Å². The fourth-order valence-electron chi connectivity index (χ4n) is 3.16. The van der Waals surface area contributed by atoms with Crippen molar-refractivity contribution in [3.63, 3.8) is 0 Å². The number of aryl methyl sites for hydroxylation is 1. The molecule has 0 radical (unpaired) electrons. The molecule has 0 aliphatic carbocycles. The minimum Gasteiger partial charge on any atom is -0.408 e. The van der Waals surface area contributed by atoms with E-state index in [1.54, 1.807) is 29.7 Å². The monoisotopic (exact) mass is 490 g/mol. The molecular formula is C23H30N4O4S2. The summed E-state index contributed by atoms with van der Waals surface area (Å²) in [4.78, 5) is 19.1. The summed E-state index contributed by atoms with van der Waals surface area (Å²) in [5.74, 6) is -0.355. The van der Waals surface area contributed by atoms with Crippen LogP contribution >= 0.6 is 22.7 Å². The van der Waals surface area contributed by atoms with Gasteiger partial charge in [-0.25, -0.2) is 4.79 Å². The summed E-state index contributed by atoms with van der Waals surface area (Å²) in [6, 6.07) is 11.9. The van der Waals surface area contributed by atoms with Crippen LogP contribution in [-0.2, 0) is 18.3 Å². The van der Waals surface area contributed by atoms with Crippen molar-refractivity contribution >= 4 is 43.2 Å². The lowest BCUT2D eigenvalue weighted by molar-refractivity contribution is 0.0373. The first-order valence-corrected chi connectivity index (χ1v) is 12.3. The van der Waals surface area contributed by atoms with Gasteiger partial charge in [-0.3, -0.25) is 4.57 Å². The van der Waals surface area contributed by atoms with Crippen molar-refractivity contribution in [3.8, 4) is 16.5 Å². The van der Waals surface area contributed by atoms with Crippen molar-refractivity contribution in [3.05, 3.63) is 45.8 Å². The highest BCUT2D eigenvalue weighted by Gasteiger charge is 2.14. The molecule has 0 aliphatic rings. The Morgan fingerprint density at radius 2 is 2.09 bits per heavy atom. The predicted molar refractivity (Wildman–Crippen MR) is 136 cm³/mol. The number of hydrogen-bond donors (Lipinski definition) is 3. The maximum atomic E-state index is 11.7. The van der Waals surface area contributed by atoms with E-state index in [1.165, 1.54) is 14.0 Å². The zero-order valence-corrected chi connectivity index (χ0v) is 20.3. The number of aliphatic hydroxyl groups excluding tert-OH is 1. The number of unbranched alkanes of at least 4 members (excludes halogenated alkanes) is 1. The molecule has 4 rings (SSSR count). The molecule has 1 aromatic carbocycles. The van der Waals surface area contributed by atoms with Crippen molar-refractivity contribution in [1.82, 2.24) is 10.0 Å². The van der Waals surface area contributed by atoms with Crippen LogP contribution in [0, 0.1) is 11.3 Å². The number of aromatic nitrogens is 1. The number of nitrogens with one attached hydrogen (secondary N) is 1. The minimum atomic E-state index is -0.359. The molecule has 1 atom stereocenters. The van der Waals surface area contributed by atoms with Gasteiger partial charge in [0, 0.05) is 40.7 Å². The van der Waals surface area contributed by atoms with E-state index in [4.69, 9.17) is 20.1 Å². The summed E-state index contributed by atoms with van der Waals surface area (Å²) in [6.45, 7) is 3.37. The molecular weight excluding hydrogens is 460 g/mol. The van der Waals surface area contributed by atoms with Gasteiger partial charge in [0.15, 0.2) is 5.58 Å². The molecule has 10 heteroatoms. The van der Waals surface area contributed by atoms with E-state index in [0.29, 0.717) is 25.2 Å². The van der Waals surface area contributed by atoms with E-state index >= 15 is 0 Å². The molecule has 178 valence electrons. The van der Waals surface area contributed by atoms with Gasteiger partial charge in [0.1, 0.15) is 6.04 Å². The number of hydroxylamine groups is 1. The highest BCUT2D eigenvalue weighted by Crippen LogP contribution is 2.39. The van der Waals surface area contributed by atoms with Crippen LogP contribution in [-0.4, -0.2) is 35.5 Å². The number of nitrogens with zero attached hydrogens (tertiary/aromatic N) is 2. The van der Waals surface area contributed by atoms with Crippen LogP contribution in [0.4, 0.5) is 0 Å². The Hall–Kier alpha value is -2.52. The first-order valence-electron chi connectivity index (χ1n) is 10.7. The number of fused-ring (bicyclic) bond motifs is 2. The van der Waals surface area contributed by atoms with E-state index in [9.17, 15) is 10.1 Å². The molecule has 0 bridgehead atoms. The number of nitrogens with two attached hydrogens (primary N) is 1. The summed E-state index contributed by atoms with van der Waals surface area (Å²) < 4.78 is 9.10. The molecule has 0 saturated carbocycles. The number of hydrogen-bond acceptors (Lipinski definition) is 9. The van der Waals surface area contributed by atoms with Gasteiger partial charge in [-0.15, -0.1) is 22.7 Å². The molecule has 0 amide bonds. The second-order valence-electron chi connectivity index (χ2n) is 7.32. The molecule has 33 heavy (non-hydrogen) atoms. The predicted octanol–water partition coefficient (Wildman–Crippen LogP) is 4.01. The lowest BCUT2D eigenvalue weighted by Gasteiger charge is -2.08. The van der Waals surface area contributed by atoms with Gasteiger partial charge >= 0.3 is 5.76 Å². The molecule has 8 nitrogen and oxygen atoms in total. The van der Waals surface area contributed by atoms with E-state index < -0.39 is 0 Å². The topological polar surface area (TPSA) is 126 Å². The van der Waals surface area contributed by atoms with Gasteiger partial charge < -0.3 is 20.1 Å². The Labute approximate surface area is 201 Å². The third-order valence-corrected chi connectivity index (χ3v) is 7.24. The molecule has 3 heterocycles. The molecule has 3 aromatic heterocycles. The number of oxazole rings is 1. The second-order valence-corrected chi connectivity index (χ2v) is 9.57. The van der Waals surface area contributed by atoms with E-state index in [-0.39, 0.29) is 19.8 Å². The minimum absolute atomic E-state index is 0. The number of benzene rings is 1. The maximum Gasteiger partial charge on any atom is 0.419 e. The van der Waals surface area contributed by atoms with E-state index in [0.717, 1.165) is 33.7 Å². The average Bonchev–Trinajstić information content (AvgIpc) is 3.47. The first-order chi connectivity index (χ1) is 16.0. The zero-order valence-electron chi connectivity index (χ0n) is 18.7. The van der Waals surface area contributed by atoms with E-state index in [1.807, 2.05) is 25.1 Å². The van der Waals surface area contributed by atoms with Crippen molar-refractivity contribution in [1.29, 1.82) is 5.26 Å². The van der Waals surface area contributed by atoms with Gasteiger partial charge in [-0.05, 0) is 62.2 Å².